The Hall–Kier alpha value is -1.27. The Morgan fingerprint density at radius 3 is 2.53 bits per heavy atom. The van der Waals surface area contributed by atoms with Gasteiger partial charge in [0.15, 0.2) is 0 Å². The largest absolute Gasteiger partial charge is 0.506 e. The van der Waals surface area contributed by atoms with Crippen molar-refractivity contribution in [2.45, 2.75) is 11.8 Å². The van der Waals surface area contributed by atoms with Crippen molar-refractivity contribution in [1.29, 1.82) is 0 Å². The molecule has 0 aromatic heterocycles. The Balaban J connectivity index is 3.23. The van der Waals surface area contributed by atoms with Gasteiger partial charge in [-0.2, -0.15) is 0 Å². The summed E-state index contributed by atoms with van der Waals surface area (Å²) >= 11 is 0. The molecule has 0 unspecified atom stereocenters. The van der Waals surface area contributed by atoms with Gasteiger partial charge in [0, 0.05) is 17.6 Å². The molecule has 2 N–H and O–H groups in total. The van der Waals surface area contributed by atoms with Gasteiger partial charge in [-0.3, -0.25) is 4.79 Å². The fourth-order valence-corrected chi connectivity index (χ4v) is 1.73. The van der Waals surface area contributed by atoms with Gasteiger partial charge in [0.1, 0.15) is 5.75 Å². The number of aromatic hydroxyl groups is 1. The van der Waals surface area contributed by atoms with Gasteiger partial charge in [0.05, 0.1) is 10.6 Å². The first kappa shape index (κ1) is 11.8. The molecule has 15 heavy (non-hydrogen) atoms. The first-order valence-electron chi connectivity index (χ1n) is 3.86. The van der Waals surface area contributed by atoms with Crippen molar-refractivity contribution >= 4 is 31.3 Å². The first-order valence-corrected chi connectivity index (χ1v) is 6.17. The van der Waals surface area contributed by atoms with E-state index in [2.05, 4.69) is 5.32 Å². The number of benzene rings is 1. The second kappa shape index (κ2) is 4.08. The molecule has 0 aliphatic carbocycles. The van der Waals surface area contributed by atoms with Crippen molar-refractivity contribution in [3.63, 3.8) is 0 Å². The lowest BCUT2D eigenvalue weighted by Crippen LogP contribution is -2.06. The molecule has 0 spiro atoms. The molecule has 0 atom stereocenters. The zero-order valence-corrected chi connectivity index (χ0v) is 9.26. The van der Waals surface area contributed by atoms with Crippen LogP contribution in [0.5, 0.6) is 5.75 Å². The Morgan fingerprint density at radius 2 is 2.07 bits per heavy atom. The molecule has 0 saturated carbocycles. The van der Waals surface area contributed by atoms with Gasteiger partial charge < -0.3 is 10.4 Å². The summed E-state index contributed by atoms with van der Waals surface area (Å²) in [7, 11) is 1.23. The topological polar surface area (TPSA) is 83.5 Å². The van der Waals surface area contributed by atoms with Crippen molar-refractivity contribution in [1.82, 2.24) is 0 Å². The quantitative estimate of drug-likeness (QED) is 0.611. The van der Waals surface area contributed by atoms with E-state index in [9.17, 15) is 18.3 Å². The van der Waals surface area contributed by atoms with Crippen molar-refractivity contribution in [2.24, 2.45) is 0 Å². The van der Waals surface area contributed by atoms with Crippen LogP contribution in [0.4, 0.5) is 5.69 Å². The van der Waals surface area contributed by atoms with Gasteiger partial charge in [0.2, 0.25) is 5.91 Å². The second-order valence-electron chi connectivity index (χ2n) is 2.80. The predicted molar refractivity (Wildman–Crippen MR) is 55.4 cm³/mol. The van der Waals surface area contributed by atoms with Gasteiger partial charge in [-0.05, 0) is 18.2 Å². The highest BCUT2D eigenvalue weighted by molar-refractivity contribution is 8.13. The number of carbonyl (C=O) groups is 1. The maximum Gasteiger partial charge on any atom is 0.261 e. The molecule has 1 aromatic rings. The molecule has 0 fully saturated rings. The van der Waals surface area contributed by atoms with E-state index in [0.717, 1.165) is 18.2 Å². The molecule has 0 heterocycles. The smallest absolute Gasteiger partial charge is 0.261 e. The standard InChI is InChI=1S/C8H8ClNO4S/c1-5(11)10-7-4-6(15(9,13)14)2-3-8(7)12/h2-4,12H,1H3,(H,10,11). The maximum atomic E-state index is 11.0. The van der Waals surface area contributed by atoms with Crippen LogP contribution in [0, 0.1) is 0 Å². The summed E-state index contributed by atoms with van der Waals surface area (Å²) in [6, 6.07) is 3.36. The van der Waals surface area contributed by atoms with Gasteiger partial charge >= 0.3 is 0 Å². The number of carbonyl (C=O) groups excluding carboxylic acids is 1. The number of anilines is 1. The molecule has 0 aliphatic rings. The van der Waals surface area contributed by atoms with Crippen molar-refractivity contribution in [3.05, 3.63) is 18.2 Å². The van der Waals surface area contributed by atoms with Gasteiger partial charge in [-0.15, -0.1) is 0 Å². The van der Waals surface area contributed by atoms with Gasteiger partial charge in [0.25, 0.3) is 9.05 Å². The maximum absolute atomic E-state index is 11.0. The average molecular weight is 250 g/mol. The molecular formula is C8H8ClNO4S. The Bertz CT molecular complexity index is 497. The highest BCUT2D eigenvalue weighted by Gasteiger charge is 2.13. The molecule has 5 nitrogen and oxygen atoms in total. The van der Waals surface area contributed by atoms with Crippen LogP contribution in [0.25, 0.3) is 0 Å². The molecule has 7 heteroatoms. The summed E-state index contributed by atoms with van der Waals surface area (Å²) in [4.78, 5) is 10.5. The summed E-state index contributed by atoms with van der Waals surface area (Å²) in [6.07, 6.45) is 0. The number of nitrogens with one attached hydrogen (secondary N) is 1. The molecule has 82 valence electrons. The molecule has 1 amide bonds. The summed E-state index contributed by atoms with van der Waals surface area (Å²) < 4.78 is 21.9. The van der Waals surface area contributed by atoms with E-state index in [1.807, 2.05) is 0 Å². The van der Waals surface area contributed by atoms with Gasteiger partial charge in [-0.1, -0.05) is 0 Å². The molecule has 1 rings (SSSR count). The lowest BCUT2D eigenvalue weighted by atomic mass is 10.3. The predicted octanol–water partition coefficient (Wildman–Crippen LogP) is 1.28. The van der Waals surface area contributed by atoms with E-state index in [-0.39, 0.29) is 16.3 Å². The first-order chi connectivity index (χ1) is 6.80. The highest BCUT2D eigenvalue weighted by Crippen LogP contribution is 2.27. The SMILES string of the molecule is CC(=O)Nc1cc(S(=O)(=O)Cl)ccc1O. The minimum Gasteiger partial charge on any atom is -0.506 e. The monoisotopic (exact) mass is 249 g/mol. The minimum absolute atomic E-state index is 0.00391. The lowest BCUT2D eigenvalue weighted by molar-refractivity contribution is -0.114. The zero-order valence-electron chi connectivity index (χ0n) is 7.69. The van der Waals surface area contributed by atoms with Crippen molar-refractivity contribution < 1.29 is 18.3 Å². The lowest BCUT2D eigenvalue weighted by Gasteiger charge is -2.05. The highest BCUT2D eigenvalue weighted by atomic mass is 35.7. The van der Waals surface area contributed by atoms with Crippen LogP contribution in [-0.2, 0) is 13.8 Å². The third kappa shape index (κ3) is 3.10. The van der Waals surface area contributed by atoms with E-state index >= 15 is 0 Å². The van der Waals surface area contributed by atoms with E-state index in [1.54, 1.807) is 0 Å². The summed E-state index contributed by atoms with van der Waals surface area (Å²) in [5.74, 6) is -0.649. The van der Waals surface area contributed by atoms with Gasteiger partial charge in [-0.25, -0.2) is 8.42 Å². The number of hydrogen-bond acceptors (Lipinski definition) is 4. The molecule has 0 saturated heterocycles. The summed E-state index contributed by atoms with van der Waals surface area (Å²) in [5.41, 5.74) is 0.00391. The van der Waals surface area contributed by atoms with Crippen LogP contribution < -0.4 is 5.32 Å². The Labute approximate surface area is 91.1 Å². The molecule has 0 aliphatic heterocycles. The van der Waals surface area contributed by atoms with Crippen LogP contribution in [0.3, 0.4) is 0 Å². The van der Waals surface area contributed by atoms with Crippen LogP contribution in [0.2, 0.25) is 0 Å². The van der Waals surface area contributed by atoms with E-state index < -0.39 is 15.0 Å². The van der Waals surface area contributed by atoms with Crippen LogP contribution in [-0.4, -0.2) is 19.4 Å². The zero-order chi connectivity index (χ0) is 11.6. The number of halogens is 1. The number of amides is 1. The average Bonchev–Trinajstić information content (AvgIpc) is 2.06. The molecule has 1 aromatic carbocycles. The van der Waals surface area contributed by atoms with E-state index in [1.165, 1.54) is 6.92 Å². The third-order valence-electron chi connectivity index (χ3n) is 1.56. The van der Waals surface area contributed by atoms with E-state index in [4.69, 9.17) is 10.7 Å². The van der Waals surface area contributed by atoms with E-state index in [0.29, 0.717) is 0 Å². The number of phenols is 1. The van der Waals surface area contributed by atoms with Crippen molar-refractivity contribution in [3.8, 4) is 5.75 Å². The summed E-state index contributed by atoms with van der Waals surface area (Å²) in [5, 5.41) is 11.6. The fraction of sp³-hybridized carbons (Fsp3) is 0.125. The Kier molecular flexibility index (Phi) is 3.21. The van der Waals surface area contributed by atoms with Crippen molar-refractivity contribution in [2.75, 3.05) is 5.32 Å². The fourth-order valence-electron chi connectivity index (χ4n) is 0.957. The minimum atomic E-state index is -3.87. The molecule has 0 radical (unpaired) electrons. The number of phenolic OH excluding ortho intramolecular Hbond substituents is 1. The number of rotatable bonds is 2. The summed E-state index contributed by atoms with van der Waals surface area (Å²) in [6.45, 7) is 1.24. The van der Waals surface area contributed by atoms with Crippen LogP contribution >= 0.6 is 10.7 Å². The normalized spacial score (nSPS) is 11.1. The molecule has 0 bridgehead atoms. The molecular weight excluding hydrogens is 242 g/mol. The Morgan fingerprint density at radius 1 is 1.47 bits per heavy atom. The third-order valence-corrected chi connectivity index (χ3v) is 2.91. The second-order valence-corrected chi connectivity index (χ2v) is 5.36. The van der Waals surface area contributed by atoms with Crippen LogP contribution in [0.1, 0.15) is 6.92 Å². The number of hydrogen-bond donors (Lipinski definition) is 2. The van der Waals surface area contributed by atoms with Crippen LogP contribution in [0.15, 0.2) is 23.1 Å².